The number of aromatic nitrogens is 2. The molecule has 0 spiro atoms. The second kappa shape index (κ2) is 4.64. The predicted molar refractivity (Wildman–Crippen MR) is 60.0 cm³/mol. The number of nitrogens with two attached hydrogens (primary N) is 1. The molecule has 1 aromatic heterocycles. The standard InChI is InChI=1S/C10H15N3S/c11-10-6-12-8(5-13-10)7-14-9-3-1-2-4-9/h5-6,9H,1-4,7H2,(H2,11,13). The van der Waals surface area contributed by atoms with Gasteiger partial charge in [0.25, 0.3) is 0 Å². The Morgan fingerprint density at radius 3 is 2.71 bits per heavy atom. The van der Waals surface area contributed by atoms with Gasteiger partial charge in [-0.05, 0) is 12.8 Å². The molecule has 1 aliphatic carbocycles. The van der Waals surface area contributed by atoms with Crippen LogP contribution in [0.1, 0.15) is 31.4 Å². The highest BCUT2D eigenvalue weighted by molar-refractivity contribution is 7.99. The normalized spacial score (nSPS) is 17.4. The molecule has 1 heterocycles. The molecule has 14 heavy (non-hydrogen) atoms. The third-order valence-corrected chi connectivity index (χ3v) is 3.90. The van der Waals surface area contributed by atoms with Crippen molar-refractivity contribution < 1.29 is 0 Å². The third kappa shape index (κ3) is 2.61. The van der Waals surface area contributed by atoms with E-state index in [0.29, 0.717) is 5.82 Å². The Bertz CT molecular complexity index is 280. The average molecular weight is 209 g/mol. The molecule has 1 aromatic rings. The lowest BCUT2D eigenvalue weighted by Gasteiger charge is -2.07. The van der Waals surface area contributed by atoms with Crippen molar-refractivity contribution in [2.75, 3.05) is 5.73 Å². The Morgan fingerprint density at radius 1 is 1.29 bits per heavy atom. The van der Waals surface area contributed by atoms with Crippen molar-refractivity contribution in [1.82, 2.24) is 9.97 Å². The van der Waals surface area contributed by atoms with E-state index in [0.717, 1.165) is 16.7 Å². The van der Waals surface area contributed by atoms with E-state index in [4.69, 9.17) is 5.73 Å². The van der Waals surface area contributed by atoms with E-state index in [1.54, 1.807) is 12.4 Å². The quantitative estimate of drug-likeness (QED) is 0.829. The van der Waals surface area contributed by atoms with Crippen molar-refractivity contribution in [2.24, 2.45) is 0 Å². The van der Waals surface area contributed by atoms with E-state index in [2.05, 4.69) is 9.97 Å². The van der Waals surface area contributed by atoms with Crippen molar-refractivity contribution >= 4 is 17.6 Å². The van der Waals surface area contributed by atoms with Gasteiger partial charge in [-0.1, -0.05) is 12.8 Å². The summed E-state index contributed by atoms with van der Waals surface area (Å²) in [5.74, 6) is 1.47. The van der Waals surface area contributed by atoms with Crippen LogP contribution in [0.25, 0.3) is 0 Å². The van der Waals surface area contributed by atoms with E-state index in [-0.39, 0.29) is 0 Å². The van der Waals surface area contributed by atoms with Gasteiger partial charge in [0.15, 0.2) is 0 Å². The van der Waals surface area contributed by atoms with E-state index in [9.17, 15) is 0 Å². The SMILES string of the molecule is Nc1cnc(CSC2CCCC2)cn1. The van der Waals surface area contributed by atoms with Gasteiger partial charge in [0.1, 0.15) is 5.82 Å². The van der Waals surface area contributed by atoms with Gasteiger partial charge >= 0.3 is 0 Å². The molecule has 1 fully saturated rings. The zero-order valence-corrected chi connectivity index (χ0v) is 8.96. The summed E-state index contributed by atoms with van der Waals surface area (Å²) in [5.41, 5.74) is 6.50. The lowest BCUT2D eigenvalue weighted by atomic mass is 10.4. The summed E-state index contributed by atoms with van der Waals surface area (Å²) >= 11 is 2.00. The molecular weight excluding hydrogens is 194 g/mol. The molecule has 0 aromatic carbocycles. The second-order valence-corrected chi connectivity index (χ2v) is 4.94. The third-order valence-electron chi connectivity index (χ3n) is 2.49. The van der Waals surface area contributed by atoms with Crippen LogP contribution in [0.4, 0.5) is 5.82 Å². The van der Waals surface area contributed by atoms with Crippen molar-refractivity contribution in [2.45, 2.75) is 36.7 Å². The van der Waals surface area contributed by atoms with Crippen molar-refractivity contribution in [1.29, 1.82) is 0 Å². The second-order valence-electron chi connectivity index (χ2n) is 3.65. The summed E-state index contributed by atoms with van der Waals surface area (Å²) < 4.78 is 0. The number of nitrogens with zero attached hydrogens (tertiary/aromatic N) is 2. The Balaban J connectivity index is 1.82. The Morgan fingerprint density at radius 2 is 2.07 bits per heavy atom. The van der Waals surface area contributed by atoms with Gasteiger partial charge in [0, 0.05) is 11.0 Å². The molecule has 0 amide bonds. The van der Waals surface area contributed by atoms with Crippen molar-refractivity contribution in [3.8, 4) is 0 Å². The lowest BCUT2D eigenvalue weighted by Crippen LogP contribution is -1.98. The highest BCUT2D eigenvalue weighted by Gasteiger charge is 2.15. The highest BCUT2D eigenvalue weighted by atomic mass is 32.2. The first-order chi connectivity index (χ1) is 6.84. The Hall–Kier alpha value is -0.770. The van der Waals surface area contributed by atoms with Gasteiger partial charge in [-0.15, -0.1) is 0 Å². The number of anilines is 1. The van der Waals surface area contributed by atoms with Crippen LogP contribution in [0.5, 0.6) is 0 Å². The summed E-state index contributed by atoms with van der Waals surface area (Å²) in [6, 6.07) is 0. The predicted octanol–water partition coefficient (Wildman–Crippen LogP) is 2.23. The van der Waals surface area contributed by atoms with Gasteiger partial charge < -0.3 is 5.73 Å². The van der Waals surface area contributed by atoms with Crippen LogP contribution in [0.15, 0.2) is 12.4 Å². The fraction of sp³-hybridized carbons (Fsp3) is 0.600. The van der Waals surface area contributed by atoms with Gasteiger partial charge in [0.05, 0.1) is 18.1 Å². The van der Waals surface area contributed by atoms with Gasteiger partial charge in [-0.25, -0.2) is 4.98 Å². The summed E-state index contributed by atoms with van der Waals surface area (Å²) in [7, 11) is 0. The topological polar surface area (TPSA) is 51.8 Å². The molecule has 4 heteroatoms. The van der Waals surface area contributed by atoms with Crippen molar-refractivity contribution in [3.05, 3.63) is 18.1 Å². The van der Waals surface area contributed by atoms with Crippen LogP contribution in [0, 0.1) is 0 Å². The Labute approximate surface area is 88.5 Å². The molecule has 0 aliphatic heterocycles. The van der Waals surface area contributed by atoms with Crippen LogP contribution >= 0.6 is 11.8 Å². The minimum atomic E-state index is 0.500. The molecule has 0 radical (unpaired) electrons. The van der Waals surface area contributed by atoms with E-state index in [1.165, 1.54) is 25.7 Å². The fourth-order valence-corrected chi connectivity index (χ4v) is 2.92. The molecular formula is C10H15N3S. The zero-order valence-electron chi connectivity index (χ0n) is 8.15. The molecule has 0 saturated heterocycles. The maximum absolute atomic E-state index is 5.46. The molecule has 1 aliphatic rings. The number of rotatable bonds is 3. The smallest absolute Gasteiger partial charge is 0.141 e. The van der Waals surface area contributed by atoms with Crippen LogP contribution in [0.2, 0.25) is 0 Å². The first-order valence-electron chi connectivity index (χ1n) is 5.02. The maximum atomic E-state index is 5.46. The minimum Gasteiger partial charge on any atom is -0.382 e. The van der Waals surface area contributed by atoms with Gasteiger partial charge in [-0.2, -0.15) is 11.8 Å². The molecule has 0 bridgehead atoms. The van der Waals surface area contributed by atoms with Crippen molar-refractivity contribution in [3.63, 3.8) is 0 Å². The van der Waals surface area contributed by atoms with Crippen LogP contribution in [0.3, 0.4) is 0 Å². The molecule has 2 N–H and O–H groups in total. The summed E-state index contributed by atoms with van der Waals surface area (Å²) in [6.07, 6.45) is 8.93. The molecule has 76 valence electrons. The highest BCUT2D eigenvalue weighted by Crippen LogP contribution is 2.30. The molecule has 3 nitrogen and oxygen atoms in total. The minimum absolute atomic E-state index is 0.500. The fourth-order valence-electron chi connectivity index (χ4n) is 1.70. The molecule has 0 atom stereocenters. The number of nitrogen functional groups attached to an aromatic ring is 1. The Kier molecular flexibility index (Phi) is 3.24. The number of hydrogen-bond acceptors (Lipinski definition) is 4. The molecule has 1 saturated carbocycles. The summed E-state index contributed by atoms with van der Waals surface area (Å²) in [5, 5.41) is 0.842. The molecule has 0 unspecified atom stereocenters. The monoisotopic (exact) mass is 209 g/mol. The van der Waals surface area contributed by atoms with Gasteiger partial charge in [-0.3, -0.25) is 4.98 Å². The van der Waals surface area contributed by atoms with Crippen LogP contribution in [-0.4, -0.2) is 15.2 Å². The first-order valence-corrected chi connectivity index (χ1v) is 6.07. The average Bonchev–Trinajstić information content (AvgIpc) is 2.70. The number of hydrogen-bond donors (Lipinski definition) is 1. The zero-order chi connectivity index (χ0) is 9.80. The van der Waals surface area contributed by atoms with Crippen LogP contribution in [-0.2, 0) is 5.75 Å². The summed E-state index contributed by atoms with van der Waals surface area (Å²) in [4.78, 5) is 8.26. The van der Waals surface area contributed by atoms with E-state index in [1.807, 2.05) is 11.8 Å². The first kappa shape index (κ1) is 9.77. The lowest BCUT2D eigenvalue weighted by molar-refractivity contribution is 0.886. The largest absolute Gasteiger partial charge is 0.382 e. The van der Waals surface area contributed by atoms with Gasteiger partial charge in [0.2, 0.25) is 0 Å². The molecule has 2 rings (SSSR count). The van der Waals surface area contributed by atoms with E-state index < -0.39 is 0 Å². The van der Waals surface area contributed by atoms with Crippen LogP contribution < -0.4 is 5.73 Å². The van der Waals surface area contributed by atoms with E-state index >= 15 is 0 Å². The maximum Gasteiger partial charge on any atom is 0.141 e. The number of thioether (sulfide) groups is 1. The summed E-state index contributed by atoms with van der Waals surface area (Å²) in [6.45, 7) is 0.